The molecule has 1 aliphatic rings. The minimum Gasteiger partial charge on any atom is -0.457 e. The Morgan fingerprint density at radius 1 is 0.900 bits per heavy atom. The zero-order valence-corrected chi connectivity index (χ0v) is 16.5. The van der Waals surface area contributed by atoms with Gasteiger partial charge in [0, 0.05) is 24.3 Å². The lowest BCUT2D eigenvalue weighted by Gasteiger charge is -2.39. The van der Waals surface area contributed by atoms with Gasteiger partial charge in [0.25, 0.3) is 5.91 Å². The summed E-state index contributed by atoms with van der Waals surface area (Å²) in [6.07, 6.45) is 0. The number of amides is 2. The van der Waals surface area contributed by atoms with Crippen LogP contribution >= 0.6 is 0 Å². The van der Waals surface area contributed by atoms with Gasteiger partial charge in [-0.1, -0.05) is 18.2 Å². The van der Waals surface area contributed by atoms with E-state index in [1.54, 1.807) is 11.8 Å². The van der Waals surface area contributed by atoms with E-state index in [0.29, 0.717) is 24.4 Å². The molecular weight excluding hydrogens is 383 g/mol. The first-order valence-corrected chi connectivity index (χ1v) is 9.74. The summed E-state index contributed by atoms with van der Waals surface area (Å²) >= 11 is 0. The standard InChI is InChI=1S/C24H21FN2O3/c1-17-23(28)27(16-15-26(17)24(29)18-7-9-19(25)10-8-18)20-11-13-22(14-12-20)30-21-5-3-2-4-6-21/h2-14,17H,15-16H2,1H3. The van der Waals surface area contributed by atoms with Crippen LogP contribution in [-0.4, -0.2) is 35.8 Å². The molecule has 0 N–H and O–H groups in total. The maximum atomic E-state index is 13.1. The fourth-order valence-corrected chi connectivity index (χ4v) is 3.48. The van der Waals surface area contributed by atoms with Crippen LogP contribution in [0.3, 0.4) is 0 Å². The summed E-state index contributed by atoms with van der Waals surface area (Å²) in [5, 5.41) is 0. The van der Waals surface area contributed by atoms with Crippen LogP contribution in [0.15, 0.2) is 78.9 Å². The highest BCUT2D eigenvalue weighted by Gasteiger charge is 2.35. The van der Waals surface area contributed by atoms with Gasteiger partial charge in [-0.25, -0.2) is 4.39 Å². The predicted molar refractivity (Wildman–Crippen MR) is 112 cm³/mol. The Bertz CT molecular complexity index is 1040. The van der Waals surface area contributed by atoms with E-state index in [2.05, 4.69) is 0 Å². The average molecular weight is 404 g/mol. The van der Waals surface area contributed by atoms with Crippen molar-refractivity contribution >= 4 is 17.5 Å². The second kappa shape index (κ2) is 8.37. The molecule has 1 unspecified atom stereocenters. The molecule has 0 radical (unpaired) electrons. The van der Waals surface area contributed by atoms with Gasteiger partial charge in [0.2, 0.25) is 5.91 Å². The highest BCUT2D eigenvalue weighted by molar-refractivity contribution is 6.03. The molecule has 4 rings (SSSR count). The molecule has 0 aromatic heterocycles. The summed E-state index contributed by atoms with van der Waals surface area (Å²) in [5.41, 5.74) is 1.12. The lowest BCUT2D eigenvalue weighted by molar-refractivity contribution is -0.124. The molecule has 30 heavy (non-hydrogen) atoms. The third kappa shape index (κ3) is 4.03. The molecule has 0 bridgehead atoms. The molecule has 1 aliphatic heterocycles. The SMILES string of the molecule is CC1C(=O)N(c2ccc(Oc3ccccc3)cc2)CCN1C(=O)c1ccc(F)cc1. The molecule has 0 aliphatic carbocycles. The Kier molecular flexibility index (Phi) is 5.48. The highest BCUT2D eigenvalue weighted by Crippen LogP contribution is 2.26. The van der Waals surface area contributed by atoms with E-state index < -0.39 is 11.9 Å². The quantitative estimate of drug-likeness (QED) is 0.644. The van der Waals surface area contributed by atoms with E-state index in [4.69, 9.17) is 4.74 Å². The number of hydrogen-bond donors (Lipinski definition) is 0. The molecule has 3 aromatic rings. The van der Waals surface area contributed by atoms with Crippen molar-refractivity contribution in [1.82, 2.24) is 4.90 Å². The van der Waals surface area contributed by atoms with E-state index >= 15 is 0 Å². The summed E-state index contributed by atoms with van der Waals surface area (Å²) < 4.78 is 18.9. The van der Waals surface area contributed by atoms with Crippen LogP contribution < -0.4 is 9.64 Å². The second-order valence-electron chi connectivity index (χ2n) is 7.08. The van der Waals surface area contributed by atoms with Crippen molar-refractivity contribution in [3.63, 3.8) is 0 Å². The minimum absolute atomic E-state index is 0.159. The molecule has 152 valence electrons. The Hall–Kier alpha value is -3.67. The average Bonchev–Trinajstić information content (AvgIpc) is 2.77. The first-order valence-electron chi connectivity index (χ1n) is 9.74. The van der Waals surface area contributed by atoms with Crippen LogP contribution in [0, 0.1) is 5.82 Å². The van der Waals surface area contributed by atoms with Crippen molar-refractivity contribution in [1.29, 1.82) is 0 Å². The topological polar surface area (TPSA) is 49.9 Å². The van der Waals surface area contributed by atoms with Crippen molar-refractivity contribution in [2.75, 3.05) is 18.0 Å². The highest BCUT2D eigenvalue weighted by atomic mass is 19.1. The molecule has 1 fully saturated rings. The second-order valence-corrected chi connectivity index (χ2v) is 7.08. The summed E-state index contributed by atoms with van der Waals surface area (Å²) in [6, 6.07) is 21.5. The van der Waals surface area contributed by atoms with Gasteiger partial charge in [-0.15, -0.1) is 0 Å². The first-order chi connectivity index (χ1) is 14.5. The number of anilines is 1. The molecule has 1 saturated heterocycles. The number of para-hydroxylation sites is 1. The van der Waals surface area contributed by atoms with Crippen molar-refractivity contribution < 1.29 is 18.7 Å². The number of halogens is 1. The smallest absolute Gasteiger partial charge is 0.254 e. The van der Waals surface area contributed by atoms with Gasteiger partial charge in [0.15, 0.2) is 0 Å². The van der Waals surface area contributed by atoms with E-state index in [9.17, 15) is 14.0 Å². The third-order valence-electron chi connectivity index (χ3n) is 5.13. The molecule has 0 spiro atoms. The van der Waals surface area contributed by atoms with Gasteiger partial charge >= 0.3 is 0 Å². The minimum atomic E-state index is -0.614. The zero-order valence-electron chi connectivity index (χ0n) is 16.5. The monoisotopic (exact) mass is 404 g/mol. The maximum absolute atomic E-state index is 13.1. The van der Waals surface area contributed by atoms with Crippen LogP contribution in [-0.2, 0) is 4.79 Å². The molecule has 5 nitrogen and oxygen atoms in total. The van der Waals surface area contributed by atoms with Gasteiger partial charge in [0.1, 0.15) is 23.4 Å². The summed E-state index contributed by atoms with van der Waals surface area (Å²) in [4.78, 5) is 28.9. The van der Waals surface area contributed by atoms with Crippen molar-refractivity contribution in [2.45, 2.75) is 13.0 Å². The molecule has 0 saturated carbocycles. The molecule has 1 atom stereocenters. The fraction of sp³-hybridized carbons (Fsp3) is 0.167. The number of carbonyl (C=O) groups is 2. The number of ether oxygens (including phenoxy) is 1. The molecule has 1 heterocycles. The molecule has 2 amide bonds. The lowest BCUT2D eigenvalue weighted by Crippen LogP contribution is -2.57. The van der Waals surface area contributed by atoms with E-state index in [-0.39, 0.29) is 11.8 Å². The van der Waals surface area contributed by atoms with Gasteiger partial charge in [0.05, 0.1) is 0 Å². The van der Waals surface area contributed by atoms with Crippen LogP contribution in [0.1, 0.15) is 17.3 Å². The Morgan fingerprint density at radius 3 is 2.20 bits per heavy atom. The van der Waals surface area contributed by atoms with Gasteiger partial charge < -0.3 is 14.5 Å². The van der Waals surface area contributed by atoms with Crippen molar-refractivity contribution in [3.05, 3.63) is 90.2 Å². The Labute approximate surface area is 174 Å². The number of rotatable bonds is 4. The van der Waals surface area contributed by atoms with Gasteiger partial charge in [-0.2, -0.15) is 0 Å². The Balaban J connectivity index is 1.45. The van der Waals surface area contributed by atoms with Crippen LogP contribution in [0.2, 0.25) is 0 Å². The summed E-state index contributed by atoms with van der Waals surface area (Å²) in [5.74, 6) is 0.578. The van der Waals surface area contributed by atoms with E-state index in [1.165, 1.54) is 29.2 Å². The third-order valence-corrected chi connectivity index (χ3v) is 5.13. The van der Waals surface area contributed by atoms with Crippen molar-refractivity contribution in [3.8, 4) is 11.5 Å². The lowest BCUT2D eigenvalue weighted by atomic mass is 10.1. The zero-order chi connectivity index (χ0) is 21.1. The molecule has 3 aromatic carbocycles. The predicted octanol–water partition coefficient (Wildman–Crippen LogP) is 4.50. The van der Waals surface area contributed by atoms with E-state index in [1.807, 2.05) is 54.6 Å². The molecule has 6 heteroatoms. The number of carbonyl (C=O) groups excluding carboxylic acids is 2. The van der Waals surface area contributed by atoms with Crippen LogP contribution in [0.25, 0.3) is 0 Å². The first kappa shape index (κ1) is 19.6. The molecular formula is C24H21FN2O3. The number of piperazine rings is 1. The van der Waals surface area contributed by atoms with Gasteiger partial charge in [-0.3, -0.25) is 9.59 Å². The van der Waals surface area contributed by atoms with E-state index in [0.717, 1.165) is 11.4 Å². The number of benzene rings is 3. The largest absolute Gasteiger partial charge is 0.457 e. The maximum Gasteiger partial charge on any atom is 0.254 e. The number of hydrogen-bond acceptors (Lipinski definition) is 3. The Morgan fingerprint density at radius 2 is 1.53 bits per heavy atom. The number of nitrogens with zero attached hydrogens (tertiary/aromatic N) is 2. The normalized spacial score (nSPS) is 16.5. The fourth-order valence-electron chi connectivity index (χ4n) is 3.48. The van der Waals surface area contributed by atoms with Crippen LogP contribution in [0.4, 0.5) is 10.1 Å². The van der Waals surface area contributed by atoms with Crippen LogP contribution in [0.5, 0.6) is 11.5 Å². The van der Waals surface area contributed by atoms with Crippen molar-refractivity contribution in [2.24, 2.45) is 0 Å². The summed E-state index contributed by atoms with van der Waals surface area (Å²) in [6.45, 7) is 2.49. The summed E-state index contributed by atoms with van der Waals surface area (Å²) in [7, 11) is 0. The van der Waals surface area contributed by atoms with Gasteiger partial charge in [-0.05, 0) is 67.6 Å².